The Kier molecular flexibility index (Phi) is 9.38. The van der Waals surface area contributed by atoms with Gasteiger partial charge in [0.25, 0.3) is 0 Å². The molecule has 1 aliphatic rings. The minimum absolute atomic E-state index is 0. The maximum absolute atomic E-state index is 12.7. The first-order valence-electron chi connectivity index (χ1n) is 8.99. The Balaban J connectivity index is 0.00000364. The van der Waals surface area contributed by atoms with Crippen molar-refractivity contribution >= 4 is 24.3 Å². The zero-order valence-corrected chi connectivity index (χ0v) is 16.9. The summed E-state index contributed by atoms with van der Waals surface area (Å²) in [5.41, 5.74) is 0.947. The van der Waals surface area contributed by atoms with Gasteiger partial charge in [-0.05, 0) is 31.4 Å². The second-order valence-corrected chi connectivity index (χ2v) is 6.41. The van der Waals surface area contributed by atoms with Gasteiger partial charge in [0.1, 0.15) is 17.5 Å². The standard InChI is InChI=1S/C19H28N2O5.ClH/c1-4-6-15(19(23)24)20-12-18(22)21-10-5-7-16(21)14-9-8-13(25-2)11-17(14)26-3;/h8-9,11,15-16,20H,4-7,10,12H2,1-3H3,(H,23,24);1H. The van der Waals surface area contributed by atoms with Crippen LogP contribution in [-0.2, 0) is 9.59 Å². The van der Waals surface area contributed by atoms with Crippen LogP contribution in [0.5, 0.6) is 11.5 Å². The van der Waals surface area contributed by atoms with Gasteiger partial charge in [-0.2, -0.15) is 0 Å². The summed E-state index contributed by atoms with van der Waals surface area (Å²) in [7, 11) is 3.20. The van der Waals surface area contributed by atoms with Crippen molar-refractivity contribution in [2.24, 2.45) is 0 Å². The average molecular weight is 401 g/mol. The first kappa shape index (κ1) is 23.0. The van der Waals surface area contributed by atoms with E-state index in [0.29, 0.717) is 24.5 Å². The fraction of sp³-hybridized carbons (Fsp3) is 0.579. The van der Waals surface area contributed by atoms with Crippen LogP contribution in [0.15, 0.2) is 18.2 Å². The number of likely N-dealkylation sites (tertiary alicyclic amines) is 1. The summed E-state index contributed by atoms with van der Waals surface area (Å²) < 4.78 is 10.7. The summed E-state index contributed by atoms with van der Waals surface area (Å²) in [5, 5.41) is 12.1. The van der Waals surface area contributed by atoms with E-state index in [9.17, 15) is 14.7 Å². The van der Waals surface area contributed by atoms with Crippen molar-refractivity contribution in [1.29, 1.82) is 0 Å². The second kappa shape index (κ2) is 11.0. The molecule has 2 rings (SSSR count). The summed E-state index contributed by atoms with van der Waals surface area (Å²) in [6.45, 7) is 2.60. The monoisotopic (exact) mass is 400 g/mol. The molecule has 1 heterocycles. The van der Waals surface area contributed by atoms with Gasteiger partial charge in [-0.25, -0.2) is 0 Å². The average Bonchev–Trinajstić information content (AvgIpc) is 3.13. The number of methoxy groups -OCH3 is 2. The summed E-state index contributed by atoms with van der Waals surface area (Å²) in [4.78, 5) is 25.7. The van der Waals surface area contributed by atoms with Gasteiger partial charge < -0.3 is 19.5 Å². The lowest BCUT2D eigenvalue weighted by Crippen LogP contribution is -2.44. The molecule has 27 heavy (non-hydrogen) atoms. The van der Waals surface area contributed by atoms with Gasteiger partial charge in [0.2, 0.25) is 5.91 Å². The topological polar surface area (TPSA) is 88.1 Å². The third-order valence-electron chi connectivity index (χ3n) is 4.75. The van der Waals surface area contributed by atoms with Crippen molar-refractivity contribution in [2.45, 2.75) is 44.7 Å². The number of carboxylic acids is 1. The van der Waals surface area contributed by atoms with E-state index in [1.807, 2.05) is 30.0 Å². The SMILES string of the molecule is CCCC(NCC(=O)N1CCCC1c1ccc(OC)cc1OC)C(=O)O.Cl. The fourth-order valence-corrected chi connectivity index (χ4v) is 3.40. The Bertz CT molecular complexity index is 641. The van der Waals surface area contributed by atoms with Crippen molar-refractivity contribution in [2.75, 3.05) is 27.3 Å². The highest BCUT2D eigenvalue weighted by Crippen LogP contribution is 2.38. The maximum Gasteiger partial charge on any atom is 0.320 e. The summed E-state index contributed by atoms with van der Waals surface area (Å²) >= 11 is 0. The molecule has 152 valence electrons. The Morgan fingerprint density at radius 1 is 1.33 bits per heavy atom. The molecule has 1 aromatic rings. The largest absolute Gasteiger partial charge is 0.497 e. The number of carbonyl (C=O) groups is 2. The molecule has 2 N–H and O–H groups in total. The quantitative estimate of drug-likeness (QED) is 0.662. The fourth-order valence-electron chi connectivity index (χ4n) is 3.40. The Hall–Kier alpha value is -1.99. The van der Waals surface area contributed by atoms with E-state index in [4.69, 9.17) is 9.47 Å². The summed E-state index contributed by atoms with van der Waals surface area (Å²) in [5.74, 6) is 0.380. The molecular formula is C19H29ClN2O5. The van der Waals surface area contributed by atoms with Crippen molar-refractivity contribution in [1.82, 2.24) is 10.2 Å². The Morgan fingerprint density at radius 3 is 2.67 bits per heavy atom. The van der Waals surface area contributed by atoms with Crippen LogP contribution >= 0.6 is 12.4 Å². The Labute approximate surface area is 166 Å². The number of nitrogens with zero attached hydrogens (tertiary/aromatic N) is 1. The van der Waals surface area contributed by atoms with Crippen LogP contribution in [0.25, 0.3) is 0 Å². The van der Waals surface area contributed by atoms with Crippen molar-refractivity contribution in [3.8, 4) is 11.5 Å². The molecule has 2 atom stereocenters. The lowest BCUT2D eigenvalue weighted by Gasteiger charge is -2.27. The van der Waals surface area contributed by atoms with E-state index >= 15 is 0 Å². The lowest BCUT2D eigenvalue weighted by atomic mass is 10.0. The number of ether oxygens (including phenoxy) is 2. The highest BCUT2D eigenvalue weighted by atomic mass is 35.5. The van der Waals surface area contributed by atoms with Crippen molar-refractivity contribution in [3.63, 3.8) is 0 Å². The number of hydrogen-bond donors (Lipinski definition) is 2. The van der Waals surface area contributed by atoms with E-state index in [-0.39, 0.29) is 30.9 Å². The smallest absolute Gasteiger partial charge is 0.320 e. The van der Waals surface area contributed by atoms with E-state index in [0.717, 1.165) is 24.8 Å². The van der Waals surface area contributed by atoms with E-state index < -0.39 is 12.0 Å². The molecule has 2 unspecified atom stereocenters. The highest BCUT2D eigenvalue weighted by molar-refractivity contribution is 5.85. The number of carboxylic acid groups (broad SMARTS) is 1. The molecule has 8 heteroatoms. The van der Waals surface area contributed by atoms with Crippen molar-refractivity contribution in [3.05, 3.63) is 23.8 Å². The van der Waals surface area contributed by atoms with E-state index in [2.05, 4.69) is 5.32 Å². The van der Waals surface area contributed by atoms with Gasteiger partial charge in [-0.15, -0.1) is 12.4 Å². The molecule has 0 spiro atoms. The molecule has 1 aromatic carbocycles. The lowest BCUT2D eigenvalue weighted by molar-refractivity contribution is -0.140. The third kappa shape index (κ3) is 5.74. The van der Waals surface area contributed by atoms with Crippen molar-refractivity contribution < 1.29 is 24.2 Å². The van der Waals surface area contributed by atoms with Crippen LogP contribution < -0.4 is 14.8 Å². The number of amides is 1. The number of nitrogens with one attached hydrogen (secondary N) is 1. The number of benzene rings is 1. The van der Waals surface area contributed by atoms with Crippen LogP contribution in [0.2, 0.25) is 0 Å². The van der Waals surface area contributed by atoms with Gasteiger partial charge in [0, 0.05) is 18.2 Å². The molecule has 0 bridgehead atoms. The highest BCUT2D eigenvalue weighted by Gasteiger charge is 2.32. The molecule has 0 aliphatic carbocycles. The van der Waals surface area contributed by atoms with Gasteiger partial charge >= 0.3 is 5.97 Å². The molecule has 1 amide bonds. The minimum Gasteiger partial charge on any atom is -0.497 e. The Morgan fingerprint density at radius 2 is 2.07 bits per heavy atom. The van der Waals surface area contributed by atoms with Crippen LogP contribution in [0.1, 0.15) is 44.2 Å². The maximum atomic E-state index is 12.7. The first-order valence-corrected chi connectivity index (χ1v) is 8.99. The molecule has 1 aliphatic heterocycles. The zero-order chi connectivity index (χ0) is 19.1. The third-order valence-corrected chi connectivity index (χ3v) is 4.75. The normalized spacial score (nSPS) is 17.1. The van der Waals surface area contributed by atoms with Gasteiger partial charge in [0.15, 0.2) is 0 Å². The molecule has 0 radical (unpaired) electrons. The van der Waals surface area contributed by atoms with Crippen LogP contribution in [0.3, 0.4) is 0 Å². The molecule has 1 fully saturated rings. The predicted octanol–water partition coefficient (Wildman–Crippen LogP) is 2.63. The zero-order valence-electron chi connectivity index (χ0n) is 16.1. The van der Waals surface area contributed by atoms with Crippen LogP contribution in [0.4, 0.5) is 0 Å². The minimum atomic E-state index is -0.922. The van der Waals surface area contributed by atoms with E-state index in [1.165, 1.54) is 0 Å². The molecule has 0 saturated carbocycles. The number of halogens is 1. The molecule has 0 aromatic heterocycles. The number of aliphatic carboxylic acids is 1. The molecule has 7 nitrogen and oxygen atoms in total. The van der Waals surface area contributed by atoms with Crippen LogP contribution in [0, 0.1) is 0 Å². The van der Waals surface area contributed by atoms with E-state index in [1.54, 1.807) is 14.2 Å². The first-order chi connectivity index (χ1) is 12.5. The number of rotatable bonds is 9. The number of carbonyl (C=O) groups excluding carboxylic acids is 1. The van der Waals surface area contributed by atoms with Gasteiger partial charge in [-0.3, -0.25) is 14.9 Å². The summed E-state index contributed by atoms with van der Waals surface area (Å²) in [6, 6.07) is 4.84. The summed E-state index contributed by atoms with van der Waals surface area (Å²) in [6.07, 6.45) is 3.00. The van der Waals surface area contributed by atoms with Gasteiger partial charge in [0.05, 0.1) is 26.8 Å². The van der Waals surface area contributed by atoms with Crippen LogP contribution in [-0.4, -0.2) is 55.2 Å². The molecular weight excluding hydrogens is 372 g/mol. The molecule has 1 saturated heterocycles. The predicted molar refractivity (Wildman–Crippen MR) is 105 cm³/mol. The second-order valence-electron chi connectivity index (χ2n) is 6.41. The number of hydrogen-bond acceptors (Lipinski definition) is 5. The van der Waals surface area contributed by atoms with Gasteiger partial charge in [-0.1, -0.05) is 13.3 Å².